The predicted molar refractivity (Wildman–Crippen MR) is 107 cm³/mol. The third kappa shape index (κ3) is 6.36. The van der Waals surface area contributed by atoms with Crippen LogP contribution in [0.15, 0.2) is 28.8 Å². The minimum atomic E-state index is 0.0295. The van der Waals surface area contributed by atoms with Crippen LogP contribution in [0, 0.1) is 12.8 Å². The van der Waals surface area contributed by atoms with E-state index in [2.05, 4.69) is 45.5 Å². The number of hydrogen-bond donors (Lipinski definition) is 1. The van der Waals surface area contributed by atoms with Crippen LogP contribution in [0.1, 0.15) is 42.6 Å². The molecular formula is C20H28N4O2S. The van der Waals surface area contributed by atoms with Crippen LogP contribution < -0.4 is 5.32 Å². The lowest BCUT2D eigenvalue weighted by atomic mass is 9.98. The van der Waals surface area contributed by atoms with Gasteiger partial charge in [0.25, 0.3) is 0 Å². The van der Waals surface area contributed by atoms with E-state index in [4.69, 9.17) is 4.52 Å². The second kappa shape index (κ2) is 9.90. The molecule has 6 nitrogen and oxygen atoms in total. The van der Waals surface area contributed by atoms with Crippen molar-refractivity contribution in [2.24, 2.45) is 5.92 Å². The minimum absolute atomic E-state index is 0.0295. The number of nitrogens with one attached hydrogen (secondary N) is 1. The molecule has 0 bridgehead atoms. The fraction of sp³-hybridized carbons (Fsp3) is 0.550. The molecule has 0 saturated carbocycles. The van der Waals surface area contributed by atoms with E-state index in [-0.39, 0.29) is 5.91 Å². The number of benzene rings is 1. The molecule has 27 heavy (non-hydrogen) atoms. The number of likely N-dealkylation sites (tertiary alicyclic amines) is 1. The zero-order valence-electron chi connectivity index (χ0n) is 16.1. The van der Waals surface area contributed by atoms with Gasteiger partial charge in [-0.1, -0.05) is 36.3 Å². The summed E-state index contributed by atoms with van der Waals surface area (Å²) in [6.45, 7) is 7.95. The van der Waals surface area contributed by atoms with Crippen LogP contribution in [-0.2, 0) is 23.6 Å². The molecule has 1 aliphatic heterocycles. The van der Waals surface area contributed by atoms with Crippen LogP contribution in [0.4, 0.5) is 0 Å². The van der Waals surface area contributed by atoms with Crippen molar-refractivity contribution >= 4 is 17.7 Å². The zero-order chi connectivity index (χ0) is 19.1. The van der Waals surface area contributed by atoms with Gasteiger partial charge in [-0.3, -0.25) is 9.69 Å². The van der Waals surface area contributed by atoms with Gasteiger partial charge >= 0.3 is 0 Å². The average molecular weight is 389 g/mol. The van der Waals surface area contributed by atoms with Crippen LogP contribution in [0.3, 0.4) is 0 Å². The SMILES string of the molecule is Cc1nc(CSCC(=O)NCc2ccccc2CN2CCC(C)CC2)no1. The topological polar surface area (TPSA) is 71.3 Å². The molecule has 1 saturated heterocycles. The van der Waals surface area contributed by atoms with E-state index in [1.165, 1.54) is 35.7 Å². The maximum atomic E-state index is 12.1. The minimum Gasteiger partial charge on any atom is -0.351 e. The Kier molecular flexibility index (Phi) is 7.29. The first kappa shape index (κ1) is 19.9. The molecule has 0 atom stereocenters. The zero-order valence-corrected chi connectivity index (χ0v) is 16.9. The van der Waals surface area contributed by atoms with E-state index >= 15 is 0 Å². The summed E-state index contributed by atoms with van der Waals surface area (Å²) >= 11 is 1.49. The first-order valence-electron chi connectivity index (χ1n) is 9.53. The van der Waals surface area contributed by atoms with Crippen LogP contribution >= 0.6 is 11.8 Å². The van der Waals surface area contributed by atoms with Crippen LogP contribution in [0.5, 0.6) is 0 Å². The number of hydrogen-bond acceptors (Lipinski definition) is 6. The van der Waals surface area contributed by atoms with Gasteiger partial charge in [0, 0.05) is 20.0 Å². The highest BCUT2D eigenvalue weighted by molar-refractivity contribution is 7.99. The van der Waals surface area contributed by atoms with Crippen LogP contribution in [0.25, 0.3) is 0 Å². The Balaban J connectivity index is 1.44. The van der Waals surface area contributed by atoms with Crippen molar-refractivity contribution in [2.75, 3.05) is 18.8 Å². The molecule has 146 valence electrons. The van der Waals surface area contributed by atoms with Crippen molar-refractivity contribution in [3.8, 4) is 0 Å². The number of aromatic nitrogens is 2. The molecule has 1 aromatic carbocycles. The molecule has 0 radical (unpaired) electrons. The molecule has 0 spiro atoms. The molecule has 1 fully saturated rings. The Morgan fingerprint density at radius 2 is 2.04 bits per heavy atom. The van der Waals surface area contributed by atoms with Gasteiger partial charge in [-0.05, 0) is 43.0 Å². The number of carbonyl (C=O) groups is 1. The summed E-state index contributed by atoms with van der Waals surface area (Å²) in [4.78, 5) is 18.8. The largest absolute Gasteiger partial charge is 0.351 e. The van der Waals surface area contributed by atoms with Crippen molar-refractivity contribution in [3.05, 3.63) is 47.1 Å². The third-order valence-electron chi connectivity index (χ3n) is 4.90. The number of carbonyl (C=O) groups excluding carboxylic acids is 1. The number of aryl methyl sites for hydroxylation is 1. The summed E-state index contributed by atoms with van der Waals surface area (Å²) in [5.74, 6) is 3.02. The molecular weight excluding hydrogens is 360 g/mol. The van der Waals surface area contributed by atoms with Gasteiger partial charge in [-0.15, -0.1) is 11.8 Å². The Bertz CT molecular complexity index is 741. The fourth-order valence-corrected chi connectivity index (χ4v) is 3.91. The normalized spacial score (nSPS) is 15.8. The summed E-state index contributed by atoms with van der Waals surface area (Å²) in [5, 5.41) is 6.87. The highest BCUT2D eigenvalue weighted by Gasteiger charge is 2.16. The molecule has 1 aliphatic rings. The number of nitrogens with zero attached hydrogens (tertiary/aromatic N) is 3. The van der Waals surface area contributed by atoms with Crippen LogP contribution in [0.2, 0.25) is 0 Å². The molecule has 0 unspecified atom stereocenters. The van der Waals surface area contributed by atoms with Crippen molar-refractivity contribution in [3.63, 3.8) is 0 Å². The number of piperidine rings is 1. The van der Waals surface area contributed by atoms with Crippen molar-refractivity contribution in [1.29, 1.82) is 0 Å². The number of rotatable bonds is 8. The van der Waals surface area contributed by atoms with E-state index in [0.29, 0.717) is 29.8 Å². The fourth-order valence-electron chi connectivity index (χ4n) is 3.23. The molecule has 2 heterocycles. The third-order valence-corrected chi connectivity index (χ3v) is 5.83. The summed E-state index contributed by atoms with van der Waals surface area (Å²) < 4.78 is 4.93. The molecule has 1 amide bonds. The van der Waals surface area contributed by atoms with Gasteiger partial charge in [0.1, 0.15) is 0 Å². The Hall–Kier alpha value is -1.86. The van der Waals surface area contributed by atoms with Crippen molar-refractivity contribution in [2.45, 2.75) is 45.5 Å². The van der Waals surface area contributed by atoms with Gasteiger partial charge in [-0.25, -0.2) is 0 Å². The second-order valence-corrected chi connectivity index (χ2v) is 8.21. The smallest absolute Gasteiger partial charge is 0.230 e. The summed E-state index contributed by atoms with van der Waals surface area (Å²) in [7, 11) is 0. The van der Waals surface area contributed by atoms with E-state index in [1.54, 1.807) is 6.92 Å². The van der Waals surface area contributed by atoms with Crippen molar-refractivity contribution < 1.29 is 9.32 Å². The molecule has 0 aliphatic carbocycles. The quantitative estimate of drug-likeness (QED) is 0.749. The molecule has 1 aromatic heterocycles. The maximum absolute atomic E-state index is 12.1. The average Bonchev–Trinajstić information content (AvgIpc) is 3.08. The maximum Gasteiger partial charge on any atom is 0.230 e. The van der Waals surface area contributed by atoms with Gasteiger partial charge < -0.3 is 9.84 Å². The van der Waals surface area contributed by atoms with E-state index in [0.717, 1.165) is 25.6 Å². The van der Waals surface area contributed by atoms with Gasteiger partial charge in [0.2, 0.25) is 11.8 Å². The van der Waals surface area contributed by atoms with Gasteiger partial charge in [0.15, 0.2) is 5.82 Å². The predicted octanol–water partition coefficient (Wildman–Crippen LogP) is 3.16. The molecule has 7 heteroatoms. The Morgan fingerprint density at radius 1 is 1.30 bits per heavy atom. The Morgan fingerprint density at radius 3 is 2.74 bits per heavy atom. The highest BCUT2D eigenvalue weighted by atomic mass is 32.2. The molecule has 2 aromatic rings. The number of amides is 1. The lowest BCUT2D eigenvalue weighted by Gasteiger charge is -2.30. The van der Waals surface area contributed by atoms with E-state index < -0.39 is 0 Å². The van der Waals surface area contributed by atoms with Crippen LogP contribution in [-0.4, -0.2) is 39.8 Å². The molecule has 1 N–H and O–H groups in total. The van der Waals surface area contributed by atoms with E-state index in [1.807, 2.05) is 6.07 Å². The van der Waals surface area contributed by atoms with Gasteiger partial charge in [0.05, 0.1) is 11.5 Å². The standard InChI is InChI=1S/C20H28N4O2S/c1-15-7-9-24(10-8-15)12-18-6-4-3-5-17(18)11-21-20(25)14-27-13-19-22-16(2)26-23-19/h3-6,15H,7-14H2,1-2H3,(H,21,25). The lowest BCUT2D eigenvalue weighted by molar-refractivity contribution is -0.118. The Labute approximate surface area is 165 Å². The van der Waals surface area contributed by atoms with Gasteiger partial charge in [-0.2, -0.15) is 4.98 Å². The monoisotopic (exact) mass is 388 g/mol. The molecule has 3 rings (SSSR count). The summed E-state index contributed by atoms with van der Waals surface area (Å²) in [6.07, 6.45) is 2.55. The highest BCUT2D eigenvalue weighted by Crippen LogP contribution is 2.19. The number of thioether (sulfide) groups is 1. The lowest BCUT2D eigenvalue weighted by Crippen LogP contribution is -2.33. The second-order valence-electron chi connectivity index (χ2n) is 7.23. The first-order valence-corrected chi connectivity index (χ1v) is 10.7. The first-order chi connectivity index (χ1) is 13.1. The summed E-state index contributed by atoms with van der Waals surface area (Å²) in [5.41, 5.74) is 2.51. The van der Waals surface area contributed by atoms with Crippen molar-refractivity contribution in [1.82, 2.24) is 20.4 Å². The summed E-state index contributed by atoms with van der Waals surface area (Å²) in [6, 6.07) is 8.40. The van der Waals surface area contributed by atoms with E-state index in [9.17, 15) is 4.79 Å².